The van der Waals surface area contributed by atoms with Crippen LogP contribution in [0.1, 0.15) is 17.7 Å². The van der Waals surface area contributed by atoms with Crippen LogP contribution in [0.25, 0.3) is 6.08 Å². The van der Waals surface area contributed by atoms with Gasteiger partial charge in [0.15, 0.2) is 0 Å². The lowest BCUT2D eigenvalue weighted by Gasteiger charge is -1.99. The zero-order chi connectivity index (χ0) is 9.68. The number of hydrogen-bond donors (Lipinski definition) is 2. The van der Waals surface area contributed by atoms with Crippen molar-refractivity contribution in [2.75, 3.05) is 11.5 Å². The quantitative estimate of drug-likeness (QED) is 0.725. The maximum absolute atomic E-state index is 5.64. The molecule has 1 heterocycles. The van der Waals surface area contributed by atoms with Gasteiger partial charge in [-0.2, -0.15) is 12.6 Å². The Labute approximate surface area is 84.3 Å². The van der Waals surface area contributed by atoms with Crippen LogP contribution in [0.3, 0.4) is 0 Å². The molecule has 1 aromatic rings. The minimum absolute atomic E-state index is 0.742. The summed E-state index contributed by atoms with van der Waals surface area (Å²) in [6.45, 7) is 1.98. The van der Waals surface area contributed by atoms with E-state index < -0.39 is 0 Å². The predicted octanol–water partition coefficient (Wildman–Crippen LogP) is 2.31. The first-order chi connectivity index (χ1) is 6.24. The average molecular weight is 194 g/mol. The molecule has 2 N–H and O–H groups in total. The van der Waals surface area contributed by atoms with Crippen molar-refractivity contribution in [1.82, 2.24) is 4.98 Å². The van der Waals surface area contributed by atoms with E-state index in [1.807, 2.05) is 19.1 Å². The first-order valence-corrected chi connectivity index (χ1v) is 4.87. The lowest BCUT2D eigenvalue weighted by Crippen LogP contribution is -1.92. The van der Waals surface area contributed by atoms with Gasteiger partial charge in [0.05, 0.1) is 17.6 Å². The molecule has 0 saturated carbocycles. The number of thiol groups is 1. The van der Waals surface area contributed by atoms with Gasteiger partial charge in [-0.3, -0.25) is 4.98 Å². The van der Waals surface area contributed by atoms with E-state index in [9.17, 15) is 0 Å². The van der Waals surface area contributed by atoms with Crippen molar-refractivity contribution >= 4 is 24.4 Å². The minimum atomic E-state index is 0.742. The van der Waals surface area contributed by atoms with Crippen molar-refractivity contribution in [3.05, 3.63) is 29.6 Å². The van der Waals surface area contributed by atoms with E-state index in [1.54, 1.807) is 6.20 Å². The summed E-state index contributed by atoms with van der Waals surface area (Å²) in [5, 5.41) is 0. The normalized spacial score (nSPS) is 10.9. The van der Waals surface area contributed by atoms with Crippen molar-refractivity contribution in [3.63, 3.8) is 0 Å². The molecule has 2 nitrogen and oxygen atoms in total. The zero-order valence-corrected chi connectivity index (χ0v) is 8.59. The second-order valence-corrected chi connectivity index (χ2v) is 3.33. The maximum atomic E-state index is 5.64. The number of hydrogen-bond acceptors (Lipinski definition) is 3. The third kappa shape index (κ3) is 3.11. The Bertz CT molecular complexity index is 308. The van der Waals surface area contributed by atoms with E-state index in [4.69, 9.17) is 5.73 Å². The van der Waals surface area contributed by atoms with Crippen molar-refractivity contribution < 1.29 is 0 Å². The number of nitrogens with two attached hydrogens (primary N) is 1. The third-order valence-corrected chi connectivity index (χ3v) is 2.02. The number of pyridine rings is 1. The summed E-state index contributed by atoms with van der Waals surface area (Å²) in [5.74, 6) is 0.866. The van der Waals surface area contributed by atoms with Crippen molar-refractivity contribution in [1.29, 1.82) is 0 Å². The SMILES string of the molecule is Cc1cc(C=CCCS)ncc1N. The number of allylic oxidation sites excluding steroid dienone is 1. The molecule has 0 amide bonds. The summed E-state index contributed by atoms with van der Waals surface area (Å²) in [6, 6.07) is 1.98. The molecule has 13 heavy (non-hydrogen) atoms. The Balaban J connectivity index is 2.73. The molecule has 1 aromatic heterocycles. The van der Waals surface area contributed by atoms with Crippen LogP contribution >= 0.6 is 12.6 Å². The van der Waals surface area contributed by atoms with Gasteiger partial charge in [0.1, 0.15) is 0 Å². The molecule has 0 aliphatic heterocycles. The van der Waals surface area contributed by atoms with Gasteiger partial charge in [-0.25, -0.2) is 0 Å². The Morgan fingerprint density at radius 3 is 3.00 bits per heavy atom. The highest BCUT2D eigenvalue weighted by molar-refractivity contribution is 7.80. The molecule has 0 unspecified atom stereocenters. The molecular formula is C10H14N2S. The fraction of sp³-hybridized carbons (Fsp3) is 0.300. The summed E-state index contributed by atoms with van der Waals surface area (Å²) >= 11 is 4.11. The number of aryl methyl sites for hydroxylation is 1. The molecule has 1 rings (SSSR count). The fourth-order valence-corrected chi connectivity index (χ4v) is 1.11. The lowest BCUT2D eigenvalue weighted by molar-refractivity contribution is 1.23. The Morgan fingerprint density at radius 1 is 1.62 bits per heavy atom. The number of nitrogen functional groups attached to an aromatic ring is 1. The van der Waals surface area contributed by atoms with E-state index in [2.05, 4.69) is 23.7 Å². The molecular weight excluding hydrogens is 180 g/mol. The van der Waals surface area contributed by atoms with Crippen LogP contribution in [0.2, 0.25) is 0 Å². The second-order valence-electron chi connectivity index (χ2n) is 2.88. The van der Waals surface area contributed by atoms with Gasteiger partial charge in [0.25, 0.3) is 0 Å². The molecule has 70 valence electrons. The van der Waals surface area contributed by atoms with Gasteiger partial charge >= 0.3 is 0 Å². The van der Waals surface area contributed by atoms with Gasteiger partial charge in [-0.05, 0) is 36.8 Å². The summed E-state index contributed by atoms with van der Waals surface area (Å²) < 4.78 is 0. The van der Waals surface area contributed by atoms with Crippen molar-refractivity contribution in [2.45, 2.75) is 13.3 Å². The smallest absolute Gasteiger partial charge is 0.0630 e. The standard InChI is InChI=1S/C10H14N2S/c1-8-6-9(4-2-3-5-13)12-7-10(8)11/h2,4,6-7,13H,3,5,11H2,1H3. The third-order valence-electron chi connectivity index (χ3n) is 1.76. The lowest BCUT2D eigenvalue weighted by atomic mass is 10.2. The van der Waals surface area contributed by atoms with Gasteiger partial charge in [0, 0.05) is 0 Å². The van der Waals surface area contributed by atoms with E-state index in [0.717, 1.165) is 29.1 Å². The highest BCUT2D eigenvalue weighted by Crippen LogP contribution is 2.10. The van der Waals surface area contributed by atoms with Crippen LogP contribution in [0.5, 0.6) is 0 Å². The monoisotopic (exact) mass is 194 g/mol. The van der Waals surface area contributed by atoms with Gasteiger partial charge < -0.3 is 5.73 Å². The average Bonchev–Trinajstić information content (AvgIpc) is 2.12. The second kappa shape index (κ2) is 4.92. The molecule has 0 radical (unpaired) electrons. The number of anilines is 1. The van der Waals surface area contributed by atoms with Crippen LogP contribution in [-0.4, -0.2) is 10.7 Å². The fourth-order valence-electron chi connectivity index (χ4n) is 0.958. The number of aromatic nitrogens is 1. The van der Waals surface area contributed by atoms with E-state index >= 15 is 0 Å². The van der Waals surface area contributed by atoms with E-state index in [0.29, 0.717) is 0 Å². The molecule has 3 heteroatoms. The van der Waals surface area contributed by atoms with Crippen molar-refractivity contribution in [3.8, 4) is 0 Å². The highest BCUT2D eigenvalue weighted by atomic mass is 32.1. The van der Waals surface area contributed by atoms with Crippen LogP contribution in [0, 0.1) is 6.92 Å². The van der Waals surface area contributed by atoms with Crippen LogP contribution in [-0.2, 0) is 0 Å². The van der Waals surface area contributed by atoms with Crippen molar-refractivity contribution in [2.24, 2.45) is 0 Å². The Kier molecular flexibility index (Phi) is 3.83. The Hall–Kier alpha value is -0.960. The van der Waals surface area contributed by atoms with Crippen LogP contribution in [0.15, 0.2) is 18.3 Å². The molecule has 0 saturated heterocycles. The summed E-state index contributed by atoms with van der Waals surface area (Å²) in [6.07, 6.45) is 6.71. The maximum Gasteiger partial charge on any atom is 0.0630 e. The molecule has 0 fully saturated rings. The molecule has 0 spiro atoms. The minimum Gasteiger partial charge on any atom is -0.397 e. The first kappa shape index (κ1) is 10.1. The molecule has 0 aliphatic carbocycles. The number of nitrogens with zero attached hydrogens (tertiary/aromatic N) is 1. The van der Waals surface area contributed by atoms with E-state index in [-0.39, 0.29) is 0 Å². The van der Waals surface area contributed by atoms with Crippen LogP contribution < -0.4 is 5.73 Å². The first-order valence-electron chi connectivity index (χ1n) is 4.23. The summed E-state index contributed by atoms with van der Waals surface area (Å²) in [4.78, 5) is 4.17. The molecule has 0 atom stereocenters. The molecule has 0 aliphatic rings. The predicted molar refractivity (Wildman–Crippen MR) is 60.9 cm³/mol. The van der Waals surface area contributed by atoms with Gasteiger partial charge in [-0.1, -0.05) is 6.08 Å². The topological polar surface area (TPSA) is 38.9 Å². The number of rotatable bonds is 3. The van der Waals surface area contributed by atoms with Crippen LogP contribution in [0.4, 0.5) is 5.69 Å². The summed E-state index contributed by atoms with van der Waals surface area (Å²) in [7, 11) is 0. The highest BCUT2D eigenvalue weighted by Gasteiger charge is 1.93. The largest absolute Gasteiger partial charge is 0.397 e. The molecule has 0 aromatic carbocycles. The van der Waals surface area contributed by atoms with Gasteiger partial charge in [0.2, 0.25) is 0 Å². The van der Waals surface area contributed by atoms with Gasteiger partial charge in [-0.15, -0.1) is 0 Å². The molecule has 0 bridgehead atoms. The summed E-state index contributed by atoms with van der Waals surface area (Å²) in [5.41, 5.74) is 8.41. The van der Waals surface area contributed by atoms with E-state index in [1.165, 1.54) is 0 Å². The Morgan fingerprint density at radius 2 is 2.38 bits per heavy atom. The zero-order valence-electron chi connectivity index (χ0n) is 7.70.